The van der Waals surface area contributed by atoms with Crippen LogP contribution in [0.4, 0.5) is 4.39 Å². The number of aromatic nitrogens is 1. The average molecular weight is 280 g/mol. The molecule has 0 spiro atoms. The Morgan fingerprint density at radius 1 is 1.26 bits per heavy atom. The van der Waals surface area contributed by atoms with Crippen molar-refractivity contribution < 1.29 is 4.39 Å². The van der Waals surface area contributed by atoms with Crippen LogP contribution < -0.4 is 11.3 Å². The van der Waals surface area contributed by atoms with E-state index in [2.05, 4.69) is 10.4 Å². The summed E-state index contributed by atoms with van der Waals surface area (Å²) in [4.78, 5) is 4.23. The topological polar surface area (TPSA) is 50.9 Å². The zero-order chi connectivity index (χ0) is 13.7. The summed E-state index contributed by atoms with van der Waals surface area (Å²) in [7, 11) is 0. The molecule has 0 aliphatic carbocycles. The van der Waals surface area contributed by atoms with E-state index in [9.17, 15) is 4.39 Å². The Bertz CT molecular complexity index is 513. The maximum atomic E-state index is 13.8. The van der Waals surface area contributed by atoms with Gasteiger partial charge in [-0.2, -0.15) is 0 Å². The van der Waals surface area contributed by atoms with Gasteiger partial charge in [0.15, 0.2) is 0 Å². The standard InChI is InChI=1S/C14H15ClFN3/c15-11-5-3-6-12(16)14(11)13(19-17)8-7-10-4-1-2-9-18-10/h1-6,9,13,19H,7-8,17H2. The summed E-state index contributed by atoms with van der Waals surface area (Å²) in [5.41, 5.74) is 3.96. The summed E-state index contributed by atoms with van der Waals surface area (Å²) in [6.45, 7) is 0. The highest BCUT2D eigenvalue weighted by molar-refractivity contribution is 6.31. The third kappa shape index (κ3) is 3.50. The van der Waals surface area contributed by atoms with Crippen molar-refractivity contribution in [1.29, 1.82) is 0 Å². The van der Waals surface area contributed by atoms with E-state index < -0.39 is 0 Å². The molecule has 0 fully saturated rings. The second-order valence-electron chi connectivity index (χ2n) is 4.21. The van der Waals surface area contributed by atoms with Gasteiger partial charge in [0.2, 0.25) is 0 Å². The molecule has 0 aliphatic rings. The van der Waals surface area contributed by atoms with Crippen LogP contribution in [0.5, 0.6) is 0 Å². The van der Waals surface area contributed by atoms with Gasteiger partial charge in [-0.25, -0.2) is 4.39 Å². The molecule has 1 unspecified atom stereocenters. The molecule has 1 heterocycles. The third-order valence-electron chi connectivity index (χ3n) is 2.96. The second kappa shape index (κ2) is 6.61. The van der Waals surface area contributed by atoms with E-state index in [0.29, 0.717) is 23.4 Å². The first-order chi connectivity index (χ1) is 9.22. The summed E-state index contributed by atoms with van der Waals surface area (Å²) in [5.74, 6) is 5.16. The Hall–Kier alpha value is -1.49. The van der Waals surface area contributed by atoms with Crippen LogP contribution in [0.1, 0.15) is 23.7 Å². The summed E-state index contributed by atoms with van der Waals surface area (Å²) in [6.07, 6.45) is 3.05. The number of hydrazine groups is 1. The highest BCUT2D eigenvalue weighted by atomic mass is 35.5. The van der Waals surface area contributed by atoms with E-state index in [-0.39, 0.29) is 11.9 Å². The summed E-state index contributed by atoms with van der Waals surface area (Å²) < 4.78 is 13.8. The van der Waals surface area contributed by atoms with Crippen LogP contribution in [0.2, 0.25) is 5.02 Å². The molecular weight excluding hydrogens is 265 g/mol. The first-order valence-electron chi connectivity index (χ1n) is 6.02. The molecule has 19 heavy (non-hydrogen) atoms. The minimum absolute atomic E-state index is 0.337. The van der Waals surface area contributed by atoms with Crippen LogP contribution in [0, 0.1) is 5.82 Å². The van der Waals surface area contributed by atoms with Crippen molar-refractivity contribution in [3.63, 3.8) is 0 Å². The molecule has 0 bridgehead atoms. The lowest BCUT2D eigenvalue weighted by molar-refractivity contribution is 0.484. The van der Waals surface area contributed by atoms with Crippen molar-refractivity contribution in [2.75, 3.05) is 0 Å². The molecule has 0 saturated heterocycles. The van der Waals surface area contributed by atoms with Gasteiger partial charge in [0.1, 0.15) is 5.82 Å². The molecule has 1 aromatic heterocycles. The normalized spacial score (nSPS) is 12.4. The van der Waals surface area contributed by atoms with Gasteiger partial charge in [0.25, 0.3) is 0 Å². The first kappa shape index (κ1) is 13.9. The van der Waals surface area contributed by atoms with Crippen LogP contribution >= 0.6 is 11.6 Å². The molecule has 2 aromatic rings. The number of halogens is 2. The smallest absolute Gasteiger partial charge is 0.129 e. The number of nitrogens with one attached hydrogen (secondary N) is 1. The van der Waals surface area contributed by atoms with E-state index in [1.165, 1.54) is 6.07 Å². The Labute approximate surface area is 116 Å². The number of hydrogen-bond acceptors (Lipinski definition) is 3. The lowest BCUT2D eigenvalue weighted by Gasteiger charge is -2.18. The van der Waals surface area contributed by atoms with Crippen LogP contribution in [-0.4, -0.2) is 4.98 Å². The van der Waals surface area contributed by atoms with Gasteiger partial charge >= 0.3 is 0 Å². The quantitative estimate of drug-likeness (QED) is 0.653. The Kier molecular flexibility index (Phi) is 4.85. The van der Waals surface area contributed by atoms with Crippen LogP contribution in [-0.2, 0) is 6.42 Å². The number of hydrogen-bond donors (Lipinski definition) is 2. The fourth-order valence-corrected chi connectivity index (χ4v) is 2.29. The van der Waals surface area contributed by atoms with Gasteiger partial charge < -0.3 is 0 Å². The zero-order valence-corrected chi connectivity index (χ0v) is 11.1. The molecule has 0 aliphatic heterocycles. The number of pyridine rings is 1. The lowest BCUT2D eigenvalue weighted by Crippen LogP contribution is -2.29. The van der Waals surface area contributed by atoms with Crippen molar-refractivity contribution in [2.45, 2.75) is 18.9 Å². The molecule has 0 saturated carbocycles. The predicted octanol–water partition coefficient (Wildman–Crippen LogP) is 3.01. The highest BCUT2D eigenvalue weighted by Gasteiger charge is 2.17. The molecule has 1 atom stereocenters. The van der Waals surface area contributed by atoms with Crippen molar-refractivity contribution >= 4 is 11.6 Å². The van der Waals surface area contributed by atoms with Gasteiger partial charge in [-0.15, -0.1) is 0 Å². The Morgan fingerprint density at radius 2 is 2.11 bits per heavy atom. The summed E-state index contributed by atoms with van der Waals surface area (Å²) >= 11 is 6.03. The van der Waals surface area contributed by atoms with Gasteiger partial charge in [0, 0.05) is 22.5 Å². The van der Waals surface area contributed by atoms with E-state index in [0.717, 1.165) is 5.69 Å². The third-order valence-corrected chi connectivity index (χ3v) is 3.29. The summed E-state index contributed by atoms with van der Waals surface area (Å²) in [5, 5.41) is 0.379. The monoisotopic (exact) mass is 279 g/mol. The van der Waals surface area contributed by atoms with Crippen LogP contribution in [0.3, 0.4) is 0 Å². The molecule has 0 radical (unpaired) electrons. The lowest BCUT2D eigenvalue weighted by atomic mass is 10.0. The van der Waals surface area contributed by atoms with Gasteiger partial charge in [-0.1, -0.05) is 23.7 Å². The Balaban J connectivity index is 2.12. The SMILES string of the molecule is NNC(CCc1ccccn1)c1c(F)cccc1Cl. The predicted molar refractivity (Wildman–Crippen MR) is 74.0 cm³/mol. The molecule has 5 heteroatoms. The van der Waals surface area contributed by atoms with Crippen molar-refractivity contribution in [3.8, 4) is 0 Å². The molecule has 0 amide bonds. The number of nitrogens with zero attached hydrogens (tertiary/aromatic N) is 1. The van der Waals surface area contributed by atoms with Crippen LogP contribution in [0.25, 0.3) is 0 Å². The van der Waals surface area contributed by atoms with E-state index >= 15 is 0 Å². The summed E-state index contributed by atoms with van der Waals surface area (Å²) in [6, 6.07) is 9.98. The average Bonchev–Trinajstić information content (AvgIpc) is 2.43. The Morgan fingerprint density at radius 3 is 2.74 bits per heavy atom. The van der Waals surface area contributed by atoms with E-state index in [4.69, 9.17) is 17.4 Å². The number of benzene rings is 1. The van der Waals surface area contributed by atoms with Crippen molar-refractivity contribution in [2.24, 2.45) is 5.84 Å². The molecule has 1 aromatic carbocycles. The second-order valence-corrected chi connectivity index (χ2v) is 4.62. The van der Waals surface area contributed by atoms with E-state index in [1.54, 1.807) is 18.3 Å². The molecular formula is C14H15ClFN3. The fourth-order valence-electron chi connectivity index (χ4n) is 1.99. The molecule has 3 N–H and O–H groups in total. The molecule has 100 valence electrons. The van der Waals surface area contributed by atoms with Crippen molar-refractivity contribution in [1.82, 2.24) is 10.4 Å². The highest BCUT2D eigenvalue weighted by Crippen LogP contribution is 2.28. The largest absolute Gasteiger partial charge is 0.271 e. The van der Waals surface area contributed by atoms with Gasteiger partial charge in [0.05, 0.1) is 6.04 Å². The molecule has 3 nitrogen and oxygen atoms in total. The zero-order valence-electron chi connectivity index (χ0n) is 10.3. The minimum Gasteiger partial charge on any atom is -0.271 e. The maximum Gasteiger partial charge on any atom is 0.129 e. The first-order valence-corrected chi connectivity index (χ1v) is 6.40. The van der Waals surface area contributed by atoms with Gasteiger partial charge in [-0.05, 0) is 37.1 Å². The number of nitrogens with two attached hydrogens (primary N) is 1. The molecule has 2 rings (SSSR count). The van der Waals surface area contributed by atoms with Crippen molar-refractivity contribution in [3.05, 3.63) is 64.7 Å². The maximum absolute atomic E-state index is 13.8. The number of aryl methyl sites for hydroxylation is 1. The fraction of sp³-hybridized carbons (Fsp3) is 0.214. The minimum atomic E-state index is -0.350. The van der Waals surface area contributed by atoms with E-state index in [1.807, 2.05) is 18.2 Å². The number of rotatable bonds is 5. The van der Waals surface area contributed by atoms with Gasteiger partial charge in [-0.3, -0.25) is 16.3 Å². The van der Waals surface area contributed by atoms with Crippen LogP contribution in [0.15, 0.2) is 42.6 Å².